The molecule has 0 radical (unpaired) electrons. The molecule has 0 bridgehead atoms. The maximum absolute atomic E-state index is 12.2. The molecule has 9 heteroatoms. The highest BCUT2D eigenvalue weighted by molar-refractivity contribution is 7.94. The normalized spacial score (nSPS) is 11.8. The Morgan fingerprint density at radius 3 is 2.67 bits per heavy atom. The molecule has 0 saturated heterocycles. The Morgan fingerprint density at radius 1 is 1.29 bits per heavy atom. The molecule has 0 saturated carbocycles. The molecule has 0 atom stereocenters. The van der Waals surface area contributed by atoms with Crippen LogP contribution < -0.4 is 15.6 Å². The topological polar surface area (TPSA) is 104 Å². The van der Waals surface area contributed by atoms with Crippen LogP contribution in [0.25, 0.3) is 0 Å². The quantitative estimate of drug-likeness (QED) is 0.737. The van der Waals surface area contributed by atoms with Gasteiger partial charge in [-0.3, -0.25) is 9.52 Å². The van der Waals surface area contributed by atoms with E-state index in [1.54, 1.807) is 12.1 Å². The van der Waals surface area contributed by atoms with Crippen LogP contribution in [0, 0.1) is 0 Å². The first-order valence-electron chi connectivity index (χ1n) is 6.27. The summed E-state index contributed by atoms with van der Waals surface area (Å²) in [7, 11) is -3.69. The number of aromatic amines is 1. The lowest BCUT2D eigenvalue weighted by Gasteiger charge is -2.06. The molecule has 2 rings (SSSR count). The Kier molecular flexibility index (Phi) is 4.76. The van der Waals surface area contributed by atoms with E-state index in [9.17, 15) is 13.2 Å². The molecule has 114 valence electrons. The molecule has 0 unspecified atom stereocenters. The number of sulfonamides is 1. The number of anilines is 1. The second-order valence-electron chi connectivity index (χ2n) is 4.67. The maximum Gasteiger partial charge on any atom is 0.272 e. The van der Waals surface area contributed by atoms with E-state index < -0.39 is 15.6 Å². The summed E-state index contributed by atoms with van der Waals surface area (Å²) in [6.07, 6.45) is 0. The number of H-pyrrole nitrogens is 1. The maximum atomic E-state index is 12.2. The van der Waals surface area contributed by atoms with Crippen molar-refractivity contribution in [3.63, 3.8) is 0 Å². The lowest BCUT2D eigenvalue weighted by Crippen LogP contribution is -2.21. The van der Waals surface area contributed by atoms with Gasteiger partial charge in [-0.2, -0.15) is 5.10 Å². The molecule has 2 aromatic rings. The fourth-order valence-electron chi connectivity index (χ4n) is 1.49. The van der Waals surface area contributed by atoms with Gasteiger partial charge in [-0.25, -0.2) is 13.5 Å². The van der Waals surface area contributed by atoms with Crippen LogP contribution in [-0.4, -0.2) is 24.7 Å². The molecular formula is C12H16N4O3S2. The third-order valence-electron chi connectivity index (χ3n) is 2.50. The third-order valence-corrected chi connectivity index (χ3v) is 5.44. The van der Waals surface area contributed by atoms with Crippen LogP contribution in [0.2, 0.25) is 0 Å². The summed E-state index contributed by atoms with van der Waals surface area (Å²) in [4.78, 5) is 11.8. The van der Waals surface area contributed by atoms with E-state index in [-0.39, 0.29) is 10.0 Å². The summed E-state index contributed by atoms with van der Waals surface area (Å²) in [6, 6.07) is 6.17. The number of thiophene rings is 1. The minimum Gasteiger partial charge on any atom is -0.310 e. The van der Waals surface area contributed by atoms with Crippen molar-refractivity contribution in [1.29, 1.82) is 0 Å². The third kappa shape index (κ3) is 4.38. The highest BCUT2D eigenvalue weighted by Crippen LogP contribution is 2.23. The zero-order chi connectivity index (χ0) is 15.5. The minimum absolute atomic E-state index is 0.0739. The van der Waals surface area contributed by atoms with Gasteiger partial charge in [0.25, 0.3) is 15.6 Å². The van der Waals surface area contributed by atoms with Crippen LogP contribution in [0.4, 0.5) is 5.82 Å². The SMILES string of the molecule is CC(C)NCc1ccc(S(=O)(=O)Nc2ccc(=O)[nH]n2)s1. The predicted octanol–water partition coefficient (Wildman–Crippen LogP) is 1.13. The number of nitrogens with one attached hydrogen (secondary N) is 3. The molecule has 0 spiro atoms. The average molecular weight is 328 g/mol. The number of rotatable bonds is 6. The van der Waals surface area contributed by atoms with Gasteiger partial charge in [0.15, 0.2) is 5.82 Å². The first-order valence-corrected chi connectivity index (χ1v) is 8.57. The molecule has 0 aliphatic heterocycles. The smallest absolute Gasteiger partial charge is 0.272 e. The zero-order valence-electron chi connectivity index (χ0n) is 11.6. The number of aromatic nitrogens is 2. The van der Waals surface area contributed by atoms with Gasteiger partial charge in [0, 0.05) is 23.5 Å². The van der Waals surface area contributed by atoms with Crippen LogP contribution in [0.15, 0.2) is 33.3 Å². The number of nitrogens with zero attached hydrogens (tertiary/aromatic N) is 1. The average Bonchev–Trinajstić information content (AvgIpc) is 2.88. The lowest BCUT2D eigenvalue weighted by atomic mass is 10.4. The number of hydrogen-bond acceptors (Lipinski definition) is 6. The minimum atomic E-state index is -3.69. The van der Waals surface area contributed by atoms with Crippen molar-refractivity contribution >= 4 is 27.2 Å². The van der Waals surface area contributed by atoms with Gasteiger partial charge in [-0.05, 0) is 18.2 Å². The Hall–Kier alpha value is -1.71. The van der Waals surface area contributed by atoms with E-state index in [4.69, 9.17) is 0 Å². The molecule has 7 nitrogen and oxygen atoms in total. The summed E-state index contributed by atoms with van der Waals surface area (Å²) in [6.45, 7) is 4.66. The number of hydrogen-bond donors (Lipinski definition) is 3. The van der Waals surface area contributed by atoms with Crippen LogP contribution >= 0.6 is 11.3 Å². The van der Waals surface area contributed by atoms with Crippen LogP contribution in [-0.2, 0) is 16.6 Å². The van der Waals surface area contributed by atoms with Crippen molar-refractivity contribution in [2.24, 2.45) is 0 Å². The van der Waals surface area contributed by atoms with E-state index in [2.05, 4.69) is 20.2 Å². The first kappa shape index (κ1) is 15.7. The van der Waals surface area contributed by atoms with Gasteiger partial charge in [-0.1, -0.05) is 13.8 Å². The molecule has 2 heterocycles. The van der Waals surface area contributed by atoms with Gasteiger partial charge in [0.05, 0.1) is 0 Å². The Labute approximate surface area is 126 Å². The van der Waals surface area contributed by atoms with Crippen molar-refractivity contribution in [1.82, 2.24) is 15.5 Å². The summed E-state index contributed by atoms with van der Waals surface area (Å²) in [5.74, 6) is 0.0739. The van der Waals surface area contributed by atoms with Gasteiger partial charge in [-0.15, -0.1) is 11.3 Å². The Bertz CT molecular complexity index is 744. The Balaban J connectivity index is 2.12. The molecule has 3 N–H and O–H groups in total. The fraction of sp³-hybridized carbons (Fsp3) is 0.333. The molecular weight excluding hydrogens is 312 g/mol. The van der Waals surface area contributed by atoms with E-state index in [0.29, 0.717) is 12.6 Å². The van der Waals surface area contributed by atoms with E-state index in [0.717, 1.165) is 4.88 Å². The van der Waals surface area contributed by atoms with Crippen molar-refractivity contribution in [2.45, 2.75) is 30.6 Å². The van der Waals surface area contributed by atoms with Crippen LogP contribution in [0.5, 0.6) is 0 Å². The summed E-state index contributed by atoms with van der Waals surface area (Å²) in [5.41, 5.74) is -0.392. The van der Waals surface area contributed by atoms with E-state index in [1.165, 1.54) is 23.5 Å². The van der Waals surface area contributed by atoms with Gasteiger partial charge in [0.2, 0.25) is 0 Å². The fourth-order valence-corrected chi connectivity index (χ4v) is 3.80. The van der Waals surface area contributed by atoms with E-state index in [1.807, 2.05) is 13.8 Å². The second kappa shape index (κ2) is 6.37. The standard InChI is InChI=1S/C12H16N4O3S2/c1-8(2)13-7-9-3-6-12(20-9)21(18,19)16-10-4-5-11(17)15-14-10/h3-6,8,13H,7H2,1-2H3,(H,14,16)(H,15,17). The molecule has 2 aromatic heterocycles. The monoisotopic (exact) mass is 328 g/mol. The molecule has 0 aromatic carbocycles. The van der Waals surface area contributed by atoms with Crippen LogP contribution in [0.3, 0.4) is 0 Å². The molecule has 0 amide bonds. The molecule has 0 aliphatic rings. The van der Waals surface area contributed by atoms with Crippen molar-refractivity contribution < 1.29 is 8.42 Å². The van der Waals surface area contributed by atoms with Crippen LogP contribution in [0.1, 0.15) is 18.7 Å². The second-order valence-corrected chi connectivity index (χ2v) is 7.75. The molecule has 0 aliphatic carbocycles. The molecule has 0 fully saturated rings. The first-order chi connectivity index (χ1) is 9.87. The van der Waals surface area contributed by atoms with E-state index >= 15 is 0 Å². The summed E-state index contributed by atoms with van der Waals surface area (Å²) >= 11 is 1.19. The zero-order valence-corrected chi connectivity index (χ0v) is 13.2. The molecule has 21 heavy (non-hydrogen) atoms. The lowest BCUT2D eigenvalue weighted by molar-refractivity contribution is 0.593. The van der Waals surface area contributed by atoms with Gasteiger partial charge < -0.3 is 5.32 Å². The Morgan fingerprint density at radius 2 is 2.05 bits per heavy atom. The van der Waals surface area contributed by atoms with Crippen molar-refractivity contribution in [2.75, 3.05) is 4.72 Å². The highest BCUT2D eigenvalue weighted by atomic mass is 32.2. The van der Waals surface area contributed by atoms with Crippen molar-refractivity contribution in [3.8, 4) is 0 Å². The summed E-state index contributed by atoms with van der Waals surface area (Å²) in [5, 5.41) is 9.02. The largest absolute Gasteiger partial charge is 0.310 e. The van der Waals surface area contributed by atoms with Gasteiger partial charge >= 0.3 is 0 Å². The van der Waals surface area contributed by atoms with Gasteiger partial charge in [0.1, 0.15) is 4.21 Å². The predicted molar refractivity (Wildman–Crippen MR) is 82.0 cm³/mol. The summed E-state index contributed by atoms with van der Waals surface area (Å²) < 4.78 is 26.9. The highest BCUT2D eigenvalue weighted by Gasteiger charge is 2.17. The van der Waals surface area contributed by atoms with Crippen molar-refractivity contribution in [3.05, 3.63) is 39.5 Å².